The van der Waals surface area contributed by atoms with E-state index in [-0.39, 0.29) is 0 Å². The van der Waals surface area contributed by atoms with Gasteiger partial charge in [-0.05, 0) is 25.7 Å². The predicted molar refractivity (Wildman–Crippen MR) is 69.8 cm³/mol. The fourth-order valence-electron chi connectivity index (χ4n) is 2.80. The van der Waals surface area contributed by atoms with Gasteiger partial charge in [-0.2, -0.15) is 0 Å². The van der Waals surface area contributed by atoms with Crippen molar-refractivity contribution < 1.29 is 4.74 Å². The van der Waals surface area contributed by atoms with Crippen LogP contribution in [-0.2, 0) is 4.74 Å². The van der Waals surface area contributed by atoms with Crippen molar-refractivity contribution in [2.24, 2.45) is 0 Å². The van der Waals surface area contributed by atoms with Crippen molar-refractivity contribution in [3.63, 3.8) is 0 Å². The van der Waals surface area contributed by atoms with Gasteiger partial charge in [0.1, 0.15) is 0 Å². The summed E-state index contributed by atoms with van der Waals surface area (Å²) < 4.78 is 6.28. The van der Waals surface area contributed by atoms with Crippen molar-refractivity contribution in [1.29, 1.82) is 0 Å². The maximum absolute atomic E-state index is 6.28. The second-order valence-electron chi connectivity index (χ2n) is 4.99. The molecule has 96 valence electrons. The second-order valence-corrected chi connectivity index (χ2v) is 4.99. The van der Waals surface area contributed by atoms with E-state index < -0.39 is 0 Å². The van der Waals surface area contributed by atoms with Crippen LogP contribution in [0.25, 0.3) is 0 Å². The van der Waals surface area contributed by atoms with Gasteiger partial charge in [0, 0.05) is 12.1 Å². The van der Waals surface area contributed by atoms with Crippen LogP contribution in [0.2, 0.25) is 0 Å². The lowest BCUT2D eigenvalue weighted by atomic mass is 9.94. The molecule has 1 aliphatic rings. The van der Waals surface area contributed by atoms with Crippen molar-refractivity contribution in [3.05, 3.63) is 0 Å². The summed E-state index contributed by atoms with van der Waals surface area (Å²) in [4.78, 5) is 0. The molecule has 1 saturated heterocycles. The summed E-state index contributed by atoms with van der Waals surface area (Å²) in [5.74, 6) is 0. The Morgan fingerprint density at radius 2 is 1.50 bits per heavy atom. The third kappa shape index (κ3) is 3.46. The lowest BCUT2D eigenvalue weighted by molar-refractivity contribution is -0.0942. The summed E-state index contributed by atoms with van der Waals surface area (Å²) in [5, 5.41) is 3.81. The summed E-state index contributed by atoms with van der Waals surface area (Å²) in [6.07, 6.45) is 8.08. The average Bonchev–Trinajstić information content (AvgIpc) is 2.31. The minimum Gasteiger partial charge on any atom is -0.372 e. The summed E-state index contributed by atoms with van der Waals surface area (Å²) in [6.45, 7) is 9.01. The molecule has 0 aromatic rings. The molecule has 0 bridgehead atoms. The highest BCUT2D eigenvalue weighted by atomic mass is 16.5. The molecule has 1 aliphatic heterocycles. The zero-order chi connectivity index (χ0) is 12.0. The van der Waals surface area contributed by atoms with Crippen LogP contribution in [0.3, 0.4) is 0 Å². The van der Waals surface area contributed by atoms with Gasteiger partial charge in [-0.1, -0.05) is 40.5 Å². The first-order valence-electron chi connectivity index (χ1n) is 7.18. The van der Waals surface area contributed by atoms with Gasteiger partial charge in [-0.25, -0.2) is 0 Å². The monoisotopic (exact) mass is 227 g/mol. The number of nitrogens with one attached hydrogen (secondary N) is 1. The Bertz CT molecular complexity index is 164. The Labute approximate surface area is 101 Å². The smallest absolute Gasteiger partial charge is 0.0732 e. The fraction of sp³-hybridized carbons (Fsp3) is 1.00. The Morgan fingerprint density at radius 1 is 0.812 bits per heavy atom. The van der Waals surface area contributed by atoms with Gasteiger partial charge in [0.25, 0.3) is 0 Å². The molecule has 16 heavy (non-hydrogen) atoms. The summed E-state index contributed by atoms with van der Waals surface area (Å²) in [5.41, 5.74) is 0. The van der Waals surface area contributed by atoms with Crippen LogP contribution in [0.15, 0.2) is 0 Å². The number of rotatable bonds is 6. The van der Waals surface area contributed by atoms with Crippen LogP contribution in [0, 0.1) is 0 Å². The Hall–Kier alpha value is -0.0800. The molecule has 2 nitrogen and oxygen atoms in total. The first kappa shape index (κ1) is 14.0. The molecule has 0 aliphatic carbocycles. The highest BCUT2D eigenvalue weighted by Crippen LogP contribution is 2.24. The molecule has 0 spiro atoms. The van der Waals surface area contributed by atoms with Gasteiger partial charge < -0.3 is 10.1 Å². The van der Waals surface area contributed by atoms with Gasteiger partial charge in [0.05, 0.1) is 12.2 Å². The van der Waals surface area contributed by atoms with Crippen molar-refractivity contribution >= 4 is 0 Å². The van der Waals surface area contributed by atoms with Gasteiger partial charge >= 0.3 is 0 Å². The molecule has 0 amide bonds. The average molecular weight is 227 g/mol. The third-order valence-corrected chi connectivity index (χ3v) is 3.69. The summed E-state index contributed by atoms with van der Waals surface area (Å²) in [7, 11) is 0. The lowest BCUT2D eigenvalue weighted by Crippen LogP contribution is -2.58. The second kappa shape index (κ2) is 7.29. The number of hydrogen-bond donors (Lipinski definition) is 1. The standard InChI is InChI=1S/C14H29NO/c1-5-9-12-13(8-4)16-14(10-6-2)11(7-3)15-12/h11-15H,5-10H2,1-4H3. The van der Waals surface area contributed by atoms with Crippen molar-refractivity contribution in [1.82, 2.24) is 5.32 Å². The normalized spacial score (nSPS) is 35.2. The van der Waals surface area contributed by atoms with E-state index in [1.165, 1.54) is 32.1 Å². The quantitative estimate of drug-likeness (QED) is 0.750. The number of ether oxygens (including phenoxy) is 1. The van der Waals surface area contributed by atoms with E-state index in [0.717, 1.165) is 6.42 Å². The van der Waals surface area contributed by atoms with E-state index in [1.807, 2.05) is 0 Å². The molecule has 4 unspecified atom stereocenters. The van der Waals surface area contributed by atoms with E-state index in [0.29, 0.717) is 24.3 Å². The largest absolute Gasteiger partial charge is 0.372 e. The zero-order valence-electron chi connectivity index (χ0n) is 11.5. The molecule has 0 aromatic heterocycles. The SMILES string of the molecule is CCCC1NC(CC)C(CCC)OC1CC. The molecule has 1 fully saturated rings. The van der Waals surface area contributed by atoms with Crippen LogP contribution in [-0.4, -0.2) is 24.3 Å². The Morgan fingerprint density at radius 3 is 2.00 bits per heavy atom. The van der Waals surface area contributed by atoms with E-state index in [4.69, 9.17) is 4.74 Å². The Balaban J connectivity index is 2.59. The molecule has 2 heteroatoms. The molecule has 1 rings (SSSR count). The number of morpholine rings is 1. The van der Waals surface area contributed by atoms with Gasteiger partial charge in [-0.3, -0.25) is 0 Å². The maximum Gasteiger partial charge on any atom is 0.0732 e. The molecular formula is C14H29NO. The van der Waals surface area contributed by atoms with Gasteiger partial charge in [0.2, 0.25) is 0 Å². The van der Waals surface area contributed by atoms with Crippen molar-refractivity contribution in [3.8, 4) is 0 Å². The van der Waals surface area contributed by atoms with Crippen LogP contribution in [0.4, 0.5) is 0 Å². The van der Waals surface area contributed by atoms with E-state index in [2.05, 4.69) is 33.0 Å². The minimum atomic E-state index is 0.430. The van der Waals surface area contributed by atoms with Gasteiger partial charge in [0.15, 0.2) is 0 Å². The lowest BCUT2D eigenvalue weighted by Gasteiger charge is -2.42. The molecule has 0 saturated carbocycles. The van der Waals surface area contributed by atoms with Crippen LogP contribution < -0.4 is 5.32 Å². The highest BCUT2D eigenvalue weighted by molar-refractivity contribution is 4.90. The third-order valence-electron chi connectivity index (χ3n) is 3.69. The van der Waals surface area contributed by atoms with E-state index in [1.54, 1.807) is 0 Å². The van der Waals surface area contributed by atoms with E-state index in [9.17, 15) is 0 Å². The first-order valence-corrected chi connectivity index (χ1v) is 7.18. The van der Waals surface area contributed by atoms with Crippen LogP contribution >= 0.6 is 0 Å². The van der Waals surface area contributed by atoms with Crippen molar-refractivity contribution in [2.75, 3.05) is 0 Å². The molecule has 0 aromatic carbocycles. The summed E-state index contributed by atoms with van der Waals surface area (Å²) in [6, 6.07) is 1.15. The summed E-state index contributed by atoms with van der Waals surface area (Å²) >= 11 is 0. The molecular weight excluding hydrogens is 198 g/mol. The molecule has 4 atom stereocenters. The fourth-order valence-corrected chi connectivity index (χ4v) is 2.80. The Kier molecular flexibility index (Phi) is 6.37. The molecule has 1 heterocycles. The first-order chi connectivity index (χ1) is 7.76. The zero-order valence-corrected chi connectivity index (χ0v) is 11.5. The topological polar surface area (TPSA) is 21.3 Å². The number of hydrogen-bond acceptors (Lipinski definition) is 2. The molecule has 0 radical (unpaired) electrons. The van der Waals surface area contributed by atoms with E-state index >= 15 is 0 Å². The maximum atomic E-state index is 6.28. The predicted octanol–water partition coefficient (Wildman–Crippen LogP) is 3.50. The molecule has 1 N–H and O–H groups in total. The van der Waals surface area contributed by atoms with Crippen LogP contribution in [0.1, 0.15) is 66.2 Å². The van der Waals surface area contributed by atoms with Crippen LogP contribution in [0.5, 0.6) is 0 Å². The highest BCUT2D eigenvalue weighted by Gasteiger charge is 2.34. The van der Waals surface area contributed by atoms with Gasteiger partial charge in [-0.15, -0.1) is 0 Å². The minimum absolute atomic E-state index is 0.430. The van der Waals surface area contributed by atoms with Crippen molar-refractivity contribution in [2.45, 2.75) is 90.5 Å².